The fourth-order valence-electron chi connectivity index (χ4n) is 3.04. The molecule has 22 heavy (non-hydrogen) atoms. The second-order valence-corrected chi connectivity index (χ2v) is 5.52. The molecule has 1 aromatic heterocycles. The predicted octanol–water partition coefficient (Wildman–Crippen LogP) is 2.38. The van der Waals surface area contributed by atoms with Crippen LogP contribution in [0.1, 0.15) is 23.3 Å². The Morgan fingerprint density at radius 3 is 2.55 bits per heavy atom. The molecule has 0 saturated carbocycles. The van der Waals surface area contributed by atoms with Crippen molar-refractivity contribution in [3.05, 3.63) is 48.2 Å². The number of rotatable bonds is 3. The van der Waals surface area contributed by atoms with E-state index in [0.29, 0.717) is 18.7 Å². The highest BCUT2D eigenvalue weighted by atomic mass is 16.4. The Hall–Kier alpha value is -2.56. The van der Waals surface area contributed by atoms with Crippen molar-refractivity contribution in [3.8, 4) is 11.3 Å². The number of benzene rings is 1. The van der Waals surface area contributed by atoms with Crippen LogP contribution in [0.5, 0.6) is 0 Å². The summed E-state index contributed by atoms with van der Waals surface area (Å²) in [5.74, 6) is -1.14. The normalized spacial score (nSPS) is 17.7. The van der Waals surface area contributed by atoms with Crippen molar-refractivity contribution in [1.82, 2.24) is 9.47 Å². The first-order chi connectivity index (χ1) is 10.6. The summed E-state index contributed by atoms with van der Waals surface area (Å²) in [6, 6.07) is 12.8. The molecule has 3 rings (SSSR count). The highest BCUT2D eigenvalue weighted by Crippen LogP contribution is 2.25. The van der Waals surface area contributed by atoms with Gasteiger partial charge >= 0.3 is 5.97 Å². The molecule has 1 atom stereocenters. The van der Waals surface area contributed by atoms with Crippen molar-refractivity contribution in [1.29, 1.82) is 0 Å². The summed E-state index contributed by atoms with van der Waals surface area (Å²) in [6.07, 6.45) is 1.26. The van der Waals surface area contributed by atoms with E-state index in [2.05, 4.69) is 0 Å². The first-order valence-corrected chi connectivity index (χ1v) is 7.34. The van der Waals surface area contributed by atoms with Crippen LogP contribution in [0.2, 0.25) is 0 Å². The molecule has 0 bridgehead atoms. The Kier molecular flexibility index (Phi) is 3.71. The van der Waals surface area contributed by atoms with Crippen LogP contribution >= 0.6 is 0 Å². The average Bonchev–Trinajstić information content (AvgIpc) is 3.14. The van der Waals surface area contributed by atoms with Gasteiger partial charge in [-0.3, -0.25) is 4.79 Å². The number of aromatic nitrogens is 1. The number of carbonyl (C=O) groups excluding carboxylic acids is 1. The maximum atomic E-state index is 12.7. The van der Waals surface area contributed by atoms with E-state index in [1.165, 1.54) is 4.90 Å². The van der Waals surface area contributed by atoms with Gasteiger partial charge in [0, 0.05) is 19.3 Å². The zero-order valence-electron chi connectivity index (χ0n) is 12.4. The van der Waals surface area contributed by atoms with Crippen molar-refractivity contribution >= 4 is 11.9 Å². The van der Waals surface area contributed by atoms with Gasteiger partial charge < -0.3 is 14.6 Å². The third-order valence-corrected chi connectivity index (χ3v) is 4.21. The van der Waals surface area contributed by atoms with Crippen LogP contribution in [0.3, 0.4) is 0 Å². The van der Waals surface area contributed by atoms with Gasteiger partial charge in [-0.05, 0) is 30.5 Å². The molecule has 1 aliphatic heterocycles. The molecule has 1 amide bonds. The number of aliphatic carboxylic acids is 1. The molecule has 1 aromatic carbocycles. The fraction of sp³-hybridized carbons (Fsp3) is 0.294. The maximum absolute atomic E-state index is 12.7. The van der Waals surface area contributed by atoms with Gasteiger partial charge in [-0.1, -0.05) is 30.3 Å². The standard InChI is InChI=1S/C17H18N2O3/c1-18-13(12-6-3-2-4-7-12)9-10-14(18)16(20)19-11-5-8-15(19)17(21)22/h2-4,6-7,9-10,15H,5,8,11H2,1H3,(H,21,22). The maximum Gasteiger partial charge on any atom is 0.326 e. The zero-order chi connectivity index (χ0) is 15.7. The van der Waals surface area contributed by atoms with Crippen molar-refractivity contribution in [2.75, 3.05) is 6.54 Å². The number of carboxylic acids is 1. The zero-order valence-corrected chi connectivity index (χ0v) is 12.4. The molecule has 2 aromatic rings. The minimum absolute atomic E-state index is 0.213. The van der Waals surface area contributed by atoms with E-state index in [4.69, 9.17) is 0 Å². The molecule has 114 valence electrons. The number of likely N-dealkylation sites (tertiary alicyclic amines) is 1. The van der Waals surface area contributed by atoms with Gasteiger partial charge in [0.25, 0.3) is 5.91 Å². The third kappa shape index (κ3) is 2.39. The molecule has 0 spiro atoms. The van der Waals surface area contributed by atoms with Crippen LogP contribution < -0.4 is 0 Å². The molecule has 5 nitrogen and oxygen atoms in total. The van der Waals surface area contributed by atoms with E-state index >= 15 is 0 Å². The van der Waals surface area contributed by atoms with Gasteiger partial charge in [0.15, 0.2) is 0 Å². The monoisotopic (exact) mass is 298 g/mol. The van der Waals surface area contributed by atoms with Gasteiger partial charge in [0.2, 0.25) is 0 Å². The summed E-state index contributed by atoms with van der Waals surface area (Å²) in [7, 11) is 1.83. The van der Waals surface area contributed by atoms with Crippen LogP contribution in [-0.4, -0.2) is 39.0 Å². The van der Waals surface area contributed by atoms with Gasteiger partial charge in [0.1, 0.15) is 11.7 Å². The van der Waals surface area contributed by atoms with Crippen LogP contribution in [0.4, 0.5) is 0 Å². The average molecular weight is 298 g/mol. The first kappa shape index (κ1) is 14.4. The Morgan fingerprint density at radius 1 is 1.14 bits per heavy atom. The molecular formula is C17H18N2O3. The predicted molar refractivity (Wildman–Crippen MR) is 82.5 cm³/mol. The third-order valence-electron chi connectivity index (χ3n) is 4.21. The number of carbonyl (C=O) groups is 2. The Morgan fingerprint density at radius 2 is 1.86 bits per heavy atom. The highest BCUT2D eigenvalue weighted by Gasteiger charge is 2.35. The van der Waals surface area contributed by atoms with E-state index in [9.17, 15) is 14.7 Å². The summed E-state index contributed by atoms with van der Waals surface area (Å²) in [5, 5.41) is 9.23. The minimum Gasteiger partial charge on any atom is -0.480 e. The Balaban J connectivity index is 1.91. The number of carboxylic acid groups (broad SMARTS) is 1. The molecule has 1 saturated heterocycles. The van der Waals surface area contributed by atoms with E-state index in [1.54, 1.807) is 6.07 Å². The largest absolute Gasteiger partial charge is 0.480 e. The number of hydrogen-bond donors (Lipinski definition) is 1. The summed E-state index contributed by atoms with van der Waals surface area (Å²) in [5.41, 5.74) is 2.49. The number of hydrogen-bond acceptors (Lipinski definition) is 2. The molecular weight excluding hydrogens is 280 g/mol. The molecule has 1 unspecified atom stereocenters. The molecule has 5 heteroatoms. The lowest BCUT2D eigenvalue weighted by Gasteiger charge is -2.21. The lowest BCUT2D eigenvalue weighted by atomic mass is 10.2. The minimum atomic E-state index is -0.927. The topological polar surface area (TPSA) is 62.5 Å². The smallest absolute Gasteiger partial charge is 0.326 e. The van der Waals surface area contributed by atoms with E-state index in [0.717, 1.165) is 17.7 Å². The molecule has 0 radical (unpaired) electrons. The van der Waals surface area contributed by atoms with Crippen LogP contribution in [0, 0.1) is 0 Å². The SMILES string of the molecule is Cn1c(C(=O)N2CCCC2C(=O)O)ccc1-c1ccccc1. The van der Waals surface area contributed by atoms with Crippen LogP contribution in [0.25, 0.3) is 11.3 Å². The summed E-state index contributed by atoms with van der Waals surface area (Å²) >= 11 is 0. The Bertz CT molecular complexity index is 706. The molecule has 0 aliphatic carbocycles. The first-order valence-electron chi connectivity index (χ1n) is 7.34. The molecule has 1 fully saturated rings. The number of amides is 1. The molecule has 2 heterocycles. The fourth-order valence-corrected chi connectivity index (χ4v) is 3.04. The Labute approximate surface area is 128 Å². The van der Waals surface area contributed by atoms with Crippen LogP contribution in [-0.2, 0) is 11.8 Å². The van der Waals surface area contributed by atoms with Gasteiger partial charge in [-0.25, -0.2) is 4.79 Å². The second-order valence-electron chi connectivity index (χ2n) is 5.52. The van der Waals surface area contributed by atoms with Gasteiger partial charge in [-0.15, -0.1) is 0 Å². The quantitative estimate of drug-likeness (QED) is 0.946. The van der Waals surface area contributed by atoms with Crippen molar-refractivity contribution < 1.29 is 14.7 Å². The lowest BCUT2D eigenvalue weighted by molar-refractivity contribution is -0.141. The summed E-state index contributed by atoms with van der Waals surface area (Å²) in [4.78, 5) is 25.4. The van der Waals surface area contributed by atoms with Crippen molar-refractivity contribution in [2.45, 2.75) is 18.9 Å². The lowest BCUT2D eigenvalue weighted by Crippen LogP contribution is -2.41. The van der Waals surface area contributed by atoms with Crippen molar-refractivity contribution in [3.63, 3.8) is 0 Å². The van der Waals surface area contributed by atoms with Crippen LogP contribution in [0.15, 0.2) is 42.5 Å². The summed E-state index contributed by atoms with van der Waals surface area (Å²) in [6.45, 7) is 0.502. The molecule has 1 N–H and O–H groups in total. The van der Waals surface area contributed by atoms with Gasteiger partial charge in [0.05, 0.1) is 0 Å². The second kappa shape index (κ2) is 5.67. The highest BCUT2D eigenvalue weighted by molar-refractivity contribution is 5.96. The van der Waals surface area contributed by atoms with Crippen molar-refractivity contribution in [2.24, 2.45) is 7.05 Å². The summed E-state index contributed by atoms with van der Waals surface area (Å²) < 4.78 is 1.83. The number of nitrogens with zero attached hydrogens (tertiary/aromatic N) is 2. The van der Waals surface area contributed by atoms with Gasteiger partial charge in [-0.2, -0.15) is 0 Å². The van der Waals surface area contributed by atoms with E-state index < -0.39 is 12.0 Å². The van der Waals surface area contributed by atoms with E-state index in [1.807, 2.05) is 48.0 Å². The molecule has 1 aliphatic rings. The van der Waals surface area contributed by atoms with E-state index in [-0.39, 0.29) is 5.91 Å².